The summed E-state index contributed by atoms with van der Waals surface area (Å²) >= 11 is 0. The molecule has 2 rings (SSSR count). The second-order valence-electron chi connectivity index (χ2n) is 2.76. The summed E-state index contributed by atoms with van der Waals surface area (Å²) in [4.78, 5) is 0. The molecule has 0 aromatic rings. The molecule has 0 amide bonds. The zero-order chi connectivity index (χ0) is 5.45. The molecule has 0 bridgehead atoms. The molecule has 1 radical (unpaired) electrons. The molecule has 0 N–H and O–H groups in total. The predicted molar refractivity (Wildman–Crippen MR) is 31.5 cm³/mol. The Morgan fingerprint density at radius 3 is 2.50 bits per heavy atom. The van der Waals surface area contributed by atoms with Gasteiger partial charge in [0.15, 0.2) is 0 Å². The lowest BCUT2D eigenvalue weighted by Gasteiger charge is -2.36. The summed E-state index contributed by atoms with van der Waals surface area (Å²) in [6, 6.07) is 0. The molecule has 0 aromatic heterocycles. The Bertz CT molecular complexity index is 86.6. The van der Waals surface area contributed by atoms with Crippen molar-refractivity contribution in [3.63, 3.8) is 0 Å². The van der Waals surface area contributed by atoms with Gasteiger partial charge in [-0.15, -0.1) is 0 Å². The zero-order valence-corrected chi connectivity index (χ0v) is 5.02. The van der Waals surface area contributed by atoms with E-state index in [1.54, 1.807) is 0 Å². The molecule has 2 aliphatic rings. The van der Waals surface area contributed by atoms with Crippen molar-refractivity contribution >= 4 is 0 Å². The number of ether oxygens (including phenoxy) is 1. The van der Waals surface area contributed by atoms with Crippen LogP contribution in [0.1, 0.15) is 25.7 Å². The molecule has 1 heterocycles. The third-order valence-electron chi connectivity index (χ3n) is 2.22. The summed E-state index contributed by atoms with van der Waals surface area (Å²) in [6.07, 6.45) is 7.44. The van der Waals surface area contributed by atoms with E-state index in [2.05, 4.69) is 6.42 Å². The topological polar surface area (TPSA) is 9.23 Å². The lowest BCUT2D eigenvalue weighted by atomic mass is 9.78. The van der Waals surface area contributed by atoms with Crippen LogP contribution in [0, 0.1) is 6.42 Å². The van der Waals surface area contributed by atoms with Crippen LogP contribution in [0.2, 0.25) is 0 Å². The fraction of sp³-hybridized carbons (Fsp3) is 0.857. The van der Waals surface area contributed by atoms with Crippen molar-refractivity contribution in [3.8, 4) is 0 Å². The summed E-state index contributed by atoms with van der Waals surface area (Å²) in [5.41, 5.74) is 0.292. The Balaban J connectivity index is 2.01. The van der Waals surface area contributed by atoms with Gasteiger partial charge in [-0.05, 0) is 32.1 Å². The van der Waals surface area contributed by atoms with Gasteiger partial charge >= 0.3 is 0 Å². The van der Waals surface area contributed by atoms with Crippen LogP contribution in [0.15, 0.2) is 0 Å². The van der Waals surface area contributed by atoms with E-state index < -0.39 is 0 Å². The minimum absolute atomic E-state index is 0.292. The smallest absolute Gasteiger partial charge is 0.0715 e. The highest BCUT2D eigenvalue weighted by Gasteiger charge is 2.40. The largest absolute Gasteiger partial charge is 0.375 e. The Hall–Kier alpha value is -0.0400. The van der Waals surface area contributed by atoms with Crippen LogP contribution in [0.5, 0.6) is 0 Å². The summed E-state index contributed by atoms with van der Waals surface area (Å²) in [7, 11) is 0. The van der Waals surface area contributed by atoms with Crippen molar-refractivity contribution in [1.29, 1.82) is 0 Å². The highest BCUT2D eigenvalue weighted by atomic mass is 16.5. The Kier molecular flexibility index (Phi) is 0.884. The fourth-order valence-electron chi connectivity index (χ4n) is 1.54. The molecular weight excluding hydrogens is 100 g/mol. The molecule has 1 saturated heterocycles. The Morgan fingerprint density at radius 1 is 1.38 bits per heavy atom. The molecule has 0 aromatic carbocycles. The van der Waals surface area contributed by atoms with E-state index in [4.69, 9.17) is 4.74 Å². The first-order valence-electron chi connectivity index (χ1n) is 3.40. The van der Waals surface area contributed by atoms with Gasteiger partial charge in [0.2, 0.25) is 0 Å². The molecule has 1 aliphatic heterocycles. The summed E-state index contributed by atoms with van der Waals surface area (Å²) in [5, 5.41) is 0. The summed E-state index contributed by atoms with van der Waals surface area (Å²) in [6.45, 7) is 0.997. The number of hydrogen-bond donors (Lipinski definition) is 0. The fourth-order valence-corrected chi connectivity index (χ4v) is 1.54. The third-order valence-corrected chi connectivity index (χ3v) is 2.22. The average Bonchev–Trinajstić information content (AvgIpc) is 2.07. The predicted octanol–water partition coefficient (Wildman–Crippen LogP) is 1.53. The van der Waals surface area contributed by atoms with Crippen LogP contribution in [0.4, 0.5) is 0 Å². The van der Waals surface area contributed by atoms with Gasteiger partial charge in [-0.3, -0.25) is 0 Å². The van der Waals surface area contributed by atoms with E-state index in [0.29, 0.717) is 5.60 Å². The van der Waals surface area contributed by atoms with E-state index in [1.807, 2.05) is 0 Å². The monoisotopic (exact) mass is 111 g/mol. The van der Waals surface area contributed by atoms with Crippen molar-refractivity contribution in [2.24, 2.45) is 0 Å². The molecule has 45 valence electrons. The Labute approximate surface area is 50.0 Å². The first-order chi connectivity index (χ1) is 3.91. The van der Waals surface area contributed by atoms with Crippen molar-refractivity contribution in [3.05, 3.63) is 6.42 Å². The highest BCUT2D eigenvalue weighted by molar-refractivity contribution is 5.06. The maximum atomic E-state index is 5.52. The minimum atomic E-state index is 0.292. The molecule has 1 spiro atoms. The molecule has 1 heteroatoms. The van der Waals surface area contributed by atoms with E-state index in [9.17, 15) is 0 Å². The van der Waals surface area contributed by atoms with Gasteiger partial charge in [-0.1, -0.05) is 0 Å². The van der Waals surface area contributed by atoms with Crippen molar-refractivity contribution in [2.45, 2.75) is 31.3 Å². The van der Waals surface area contributed by atoms with Crippen LogP contribution >= 0.6 is 0 Å². The second-order valence-corrected chi connectivity index (χ2v) is 2.76. The van der Waals surface area contributed by atoms with Crippen molar-refractivity contribution in [2.75, 3.05) is 6.61 Å². The van der Waals surface area contributed by atoms with Crippen LogP contribution < -0.4 is 0 Å². The molecule has 1 nitrogen and oxygen atoms in total. The average molecular weight is 111 g/mol. The van der Waals surface area contributed by atoms with E-state index in [0.717, 1.165) is 6.61 Å². The van der Waals surface area contributed by atoms with E-state index in [1.165, 1.54) is 25.7 Å². The first-order valence-corrected chi connectivity index (χ1v) is 3.40. The van der Waals surface area contributed by atoms with Crippen molar-refractivity contribution < 1.29 is 4.74 Å². The molecule has 2 fully saturated rings. The standard InChI is InChI=1S/C7H11O/c1-3-7(4-1)5-2-6-8-7/h3H,1-2,4-6H2. The van der Waals surface area contributed by atoms with Gasteiger partial charge in [0, 0.05) is 6.61 Å². The first kappa shape index (κ1) is 4.80. The lowest BCUT2D eigenvalue weighted by molar-refractivity contribution is -0.0107. The van der Waals surface area contributed by atoms with Gasteiger partial charge in [0.05, 0.1) is 5.60 Å². The quantitative estimate of drug-likeness (QED) is 0.460. The maximum Gasteiger partial charge on any atom is 0.0715 e. The van der Waals surface area contributed by atoms with Gasteiger partial charge in [-0.2, -0.15) is 0 Å². The molecule has 1 unspecified atom stereocenters. The normalized spacial score (nSPS) is 33.0. The van der Waals surface area contributed by atoms with Gasteiger partial charge < -0.3 is 4.74 Å². The zero-order valence-electron chi connectivity index (χ0n) is 5.02. The maximum absolute atomic E-state index is 5.52. The van der Waals surface area contributed by atoms with Gasteiger partial charge in [0.25, 0.3) is 0 Å². The summed E-state index contributed by atoms with van der Waals surface area (Å²) < 4.78 is 5.52. The van der Waals surface area contributed by atoms with E-state index in [-0.39, 0.29) is 0 Å². The van der Waals surface area contributed by atoms with Crippen LogP contribution in [0.3, 0.4) is 0 Å². The molecule has 1 atom stereocenters. The SMILES string of the molecule is [CH]1CCC12CCCO2. The van der Waals surface area contributed by atoms with Gasteiger partial charge in [-0.25, -0.2) is 0 Å². The van der Waals surface area contributed by atoms with Crippen LogP contribution in [-0.2, 0) is 4.74 Å². The second kappa shape index (κ2) is 1.47. The number of hydrogen-bond acceptors (Lipinski definition) is 1. The summed E-state index contributed by atoms with van der Waals surface area (Å²) in [5.74, 6) is 0. The van der Waals surface area contributed by atoms with Crippen LogP contribution in [0.25, 0.3) is 0 Å². The van der Waals surface area contributed by atoms with Gasteiger partial charge in [0.1, 0.15) is 0 Å². The Morgan fingerprint density at radius 2 is 2.25 bits per heavy atom. The number of rotatable bonds is 0. The molecule has 1 aliphatic carbocycles. The molecule has 1 saturated carbocycles. The molecule has 8 heavy (non-hydrogen) atoms. The molecular formula is C7H11O. The highest BCUT2D eigenvalue weighted by Crippen LogP contribution is 2.41. The third kappa shape index (κ3) is 0.510. The van der Waals surface area contributed by atoms with E-state index >= 15 is 0 Å². The van der Waals surface area contributed by atoms with Crippen LogP contribution in [-0.4, -0.2) is 12.2 Å². The van der Waals surface area contributed by atoms with Crippen molar-refractivity contribution in [1.82, 2.24) is 0 Å². The lowest BCUT2D eigenvalue weighted by Crippen LogP contribution is -2.36. The minimum Gasteiger partial charge on any atom is -0.375 e.